The molecule has 1 aromatic rings. The fraction of sp³-hybridized carbons (Fsp3) is 0.625. The monoisotopic (exact) mass is 280 g/mol. The van der Waals surface area contributed by atoms with Crippen LogP contribution in [0.1, 0.15) is 46.0 Å². The van der Waals surface area contributed by atoms with Crippen molar-refractivity contribution in [2.24, 2.45) is 5.92 Å². The third kappa shape index (κ3) is 4.02. The van der Waals surface area contributed by atoms with Crippen molar-refractivity contribution in [3.05, 3.63) is 17.9 Å². The molecule has 2 rings (SSSR count). The van der Waals surface area contributed by atoms with E-state index in [1.807, 2.05) is 13.8 Å². The van der Waals surface area contributed by atoms with Gasteiger partial charge in [0.2, 0.25) is 0 Å². The lowest BCUT2D eigenvalue weighted by Gasteiger charge is -2.23. The molecule has 3 nitrogen and oxygen atoms in total. The Kier molecular flexibility index (Phi) is 5.10. The summed E-state index contributed by atoms with van der Waals surface area (Å²) >= 11 is 0. The summed E-state index contributed by atoms with van der Waals surface area (Å²) in [6.45, 7) is 4.66. The Morgan fingerprint density at radius 2 is 2.00 bits per heavy atom. The second kappa shape index (κ2) is 6.82. The first-order valence-corrected chi connectivity index (χ1v) is 7.56. The largest absolute Gasteiger partial charge is 0.488 e. The van der Waals surface area contributed by atoms with Crippen molar-refractivity contribution in [1.29, 1.82) is 0 Å². The average Bonchev–Trinajstić information content (AvgIpc) is 2.41. The van der Waals surface area contributed by atoms with Gasteiger partial charge >= 0.3 is 0 Å². The highest BCUT2D eigenvalue weighted by Crippen LogP contribution is 2.30. The number of ether oxygens (including phenoxy) is 1. The normalized spacial score (nSPS) is 16.4. The minimum absolute atomic E-state index is 0.0562. The van der Waals surface area contributed by atoms with Crippen molar-refractivity contribution >= 4 is 11.4 Å². The number of hydrogen-bond acceptors (Lipinski definition) is 3. The zero-order valence-electron chi connectivity index (χ0n) is 12.4. The number of nitrogens with one attached hydrogen (secondary N) is 1. The van der Waals surface area contributed by atoms with Gasteiger partial charge in [-0.3, -0.25) is 0 Å². The first-order chi connectivity index (χ1) is 9.56. The standard InChI is InChI=1S/C16H25FN2O/c1-11(2)20-16-9-15(14(18)8-13(16)17)19-10-12-6-4-3-5-7-12/h8-9,11-12,19H,3-7,10,18H2,1-2H3. The van der Waals surface area contributed by atoms with Crippen LogP contribution in [0.5, 0.6) is 5.75 Å². The molecule has 0 atom stereocenters. The van der Waals surface area contributed by atoms with Crippen LogP contribution in [0.3, 0.4) is 0 Å². The highest BCUT2D eigenvalue weighted by atomic mass is 19.1. The number of hydrogen-bond donors (Lipinski definition) is 2. The fourth-order valence-corrected chi connectivity index (χ4v) is 2.71. The molecule has 0 aliphatic heterocycles. The Labute approximate surface area is 120 Å². The molecule has 0 saturated heterocycles. The molecule has 20 heavy (non-hydrogen) atoms. The van der Waals surface area contributed by atoms with E-state index in [0.717, 1.165) is 12.2 Å². The molecule has 112 valence electrons. The summed E-state index contributed by atoms with van der Waals surface area (Å²) in [7, 11) is 0. The summed E-state index contributed by atoms with van der Waals surface area (Å²) in [5.74, 6) is 0.558. The molecule has 0 radical (unpaired) electrons. The van der Waals surface area contributed by atoms with Gasteiger partial charge in [-0.25, -0.2) is 4.39 Å². The van der Waals surface area contributed by atoms with Gasteiger partial charge in [0.1, 0.15) is 0 Å². The number of nitrogen functional groups attached to an aromatic ring is 1. The molecular weight excluding hydrogens is 255 g/mol. The lowest BCUT2D eigenvalue weighted by atomic mass is 9.89. The molecule has 0 bridgehead atoms. The summed E-state index contributed by atoms with van der Waals surface area (Å²) in [5.41, 5.74) is 7.09. The van der Waals surface area contributed by atoms with Crippen LogP contribution >= 0.6 is 0 Å². The summed E-state index contributed by atoms with van der Waals surface area (Å²) in [5, 5.41) is 3.35. The van der Waals surface area contributed by atoms with Crippen molar-refractivity contribution in [2.75, 3.05) is 17.6 Å². The smallest absolute Gasteiger partial charge is 0.167 e. The third-order valence-electron chi connectivity index (χ3n) is 3.77. The Morgan fingerprint density at radius 3 is 2.65 bits per heavy atom. The third-order valence-corrected chi connectivity index (χ3v) is 3.77. The number of benzene rings is 1. The molecule has 1 aliphatic rings. The van der Waals surface area contributed by atoms with Gasteiger partial charge in [0.15, 0.2) is 11.6 Å². The van der Waals surface area contributed by atoms with Gasteiger partial charge in [-0.05, 0) is 32.6 Å². The predicted molar refractivity (Wildman–Crippen MR) is 81.6 cm³/mol. The summed E-state index contributed by atoms with van der Waals surface area (Å²) in [6, 6.07) is 3.01. The van der Waals surface area contributed by atoms with E-state index in [4.69, 9.17) is 10.5 Å². The Morgan fingerprint density at radius 1 is 1.30 bits per heavy atom. The first-order valence-electron chi connectivity index (χ1n) is 7.56. The van der Waals surface area contributed by atoms with E-state index in [0.29, 0.717) is 11.6 Å². The van der Waals surface area contributed by atoms with Gasteiger partial charge in [-0.2, -0.15) is 0 Å². The van der Waals surface area contributed by atoms with Crippen molar-refractivity contribution < 1.29 is 9.13 Å². The lowest BCUT2D eigenvalue weighted by molar-refractivity contribution is 0.231. The van der Waals surface area contributed by atoms with Gasteiger partial charge in [-0.1, -0.05) is 19.3 Å². The molecule has 0 spiro atoms. The van der Waals surface area contributed by atoms with Crippen LogP contribution in [0, 0.1) is 11.7 Å². The zero-order chi connectivity index (χ0) is 14.5. The van der Waals surface area contributed by atoms with Crippen LogP contribution in [0.15, 0.2) is 12.1 Å². The fourth-order valence-electron chi connectivity index (χ4n) is 2.71. The Balaban J connectivity index is 2.02. The molecule has 1 aromatic carbocycles. The maximum absolute atomic E-state index is 13.8. The van der Waals surface area contributed by atoms with Gasteiger partial charge in [-0.15, -0.1) is 0 Å². The lowest BCUT2D eigenvalue weighted by Crippen LogP contribution is -2.18. The summed E-state index contributed by atoms with van der Waals surface area (Å²) < 4.78 is 19.2. The quantitative estimate of drug-likeness (QED) is 0.795. The predicted octanol–water partition coefficient (Wildman–Crippen LogP) is 4.19. The van der Waals surface area contributed by atoms with Crippen LogP contribution in [0.2, 0.25) is 0 Å². The SMILES string of the molecule is CC(C)Oc1cc(NCC2CCCCC2)c(N)cc1F. The van der Waals surface area contributed by atoms with Gasteiger partial charge in [0, 0.05) is 18.7 Å². The number of rotatable bonds is 5. The van der Waals surface area contributed by atoms with Crippen LogP contribution in [-0.4, -0.2) is 12.6 Å². The van der Waals surface area contributed by atoms with Crippen LogP contribution in [0.25, 0.3) is 0 Å². The minimum atomic E-state index is -0.403. The number of anilines is 2. The van der Waals surface area contributed by atoms with E-state index in [-0.39, 0.29) is 11.9 Å². The first kappa shape index (κ1) is 14.9. The minimum Gasteiger partial charge on any atom is -0.488 e. The van der Waals surface area contributed by atoms with E-state index < -0.39 is 5.82 Å². The molecule has 4 heteroatoms. The van der Waals surface area contributed by atoms with Crippen molar-refractivity contribution in [3.8, 4) is 5.75 Å². The van der Waals surface area contributed by atoms with Gasteiger partial charge < -0.3 is 15.8 Å². The van der Waals surface area contributed by atoms with E-state index in [1.54, 1.807) is 6.07 Å². The number of halogens is 1. The Hall–Kier alpha value is -1.45. The molecule has 1 fully saturated rings. The Bertz CT molecular complexity index is 442. The van der Waals surface area contributed by atoms with Crippen LogP contribution in [0.4, 0.5) is 15.8 Å². The van der Waals surface area contributed by atoms with Crippen LogP contribution in [-0.2, 0) is 0 Å². The second-order valence-corrected chi connectivity index (χ2v) is 5.92. The zero-order valence-corrected chi connectivity index (χ0v) is 12.4. The van der Waals surface area contributed by atoms with E-state index in [2.05, 4.69) is 5.32 Å². The van der Waals surface area contributed by atoms with E-state index >= 15 is 0 Å². The molecule has 1 aliphatic carbocycles. The maximum Gasteiger partial charge on any atom is 0.167 e. The molecule has 0 amide bonds. The van der Waals surface area contributed by atoms with Crippen molar-refractivity contribution in [1.82, 2.24) is 0 Å². The van der Waals surface area contributed by atoms with E-state index in [1.165, 1.54) is 38.2 Å². The van der Waals surface area contributed by atoms with E-state index in [9.17, 15) is 4.39 Å². The summed E-state index contributed by atoms with van der Waals surface area (Å²) in [4.78, 5) is 0. The maximum atomic E-state index is 13.8. The highest BCUT2D eigenvalue weighted by molar-refractivity contribution is 5.68. The summed E-state index contributed by atoms with van der Waals surface area (Å²) in [6.07, 6.45) is 6.45. The highest BCUT2D eigenvalue weighted by Gasteiger charge is 2.15. The van der Waals surface area contributed by atoms with Crippen molar-refractivity contribution in [3.63, 3.8) is 0 Å². The number of nitrogens with two attached hydrogens (primary N) is 1. The average molecular weight is 280 g/mol. The molecule has 0 aromatic heterocycles. The second-order valence-electron chi connectivity index (χ2n) is 5.92. The van der Waals surface area contributed by atoms with Crippen molar-refractivity contribution in [2.45, 2.75) is 52.1 Å². The molecule has 3 N–H and O–H groups in total. The molecule has 0 heterocycles. The van der Waals surface area contributed by atoms with Gasteiger partial charge in [0.25, 0.3) is 0 Å². The molecule has 1 saturated carbocycles. The molecule has 0 unspecified atom stereocenters. The topological polar surface area (TPSA) is 47.3 Å². The van der Waals surface area contributed by atoms with Gasteiger partial charge in [0.05, 0.1) is 17.5 Å². The van der Waals surface area contributed by atoms with Crippen LogP contribution < -0.4 is 15.8 Å². The molecular formula is C16H25FN2O.